The summed E-state index contributed by atoms with van der Waals surface area (Å²) >= 11 is 8.08. The minimum Gasteiger partial charge on any atom is -0.273 e. The smallest absolute Gasteiger partial charge is 0.246 e. The summed E-state index contributed by atoms with van der Waals surface area (Å²) < 4.78 is 0.819. The van der Waals surface area contributed by atoms with Gasteiger partial charge in [0, 0.05) is 12.3 Å². The van der Waals surface area contributed by atoms with Gasteiger partial charge in [-0.05, 0) is 6.42 Å². The van der Waals surface area contributed by atoms with Gasteiger partial charge in [0.1, 0.15) is 0 Å². The van der Waals surface area contributed by atoms with Crippen molar-refractivity contribution in [3.05, 3.63) is 0 Å². The zero-order chi connectivity index (χ0) is 7.98. The van der Waals surface area contributed by atoms with E-state index in [-0.39, 0.29) is 5.91 Å². The van der Waals surface area contributed by atoms with Gasteiger partial charge in [0.25, 0.3) is 0 Å². The Kier molecular flexibility index (Phi) is 5.36. The van der Waals surface area contributed by atoms with Crippen molar-refractivity contribution in [1.29, 1.82) is 5.26 Å². The molecule has 0 aliphatic rings. The van der Waals surface area contributed by atoms with E-state index < -0.39 is 0 Å². The van der Waals surface area contributed by atoms with Crippen LogP contribution in [0.4, 0.5) is 0 Å². The van der Waals surface area contributed by atoms with E-state index in [1.807, 2.05) is 0 Å². The Morgan fingerprint density at radius 3 is 2.80 bits per heavy atom. The molecule has 1 amide bonds. The van der Waals surface area contributed by atoms with E-state index in [2.05, 4.69) is 16.1 Å². The van der Waals surface area contributed by atoms with Crippen molar-refractivity contribution in [2.75, 3.05) is 5.88 Å². The Morgan fingerprint density at radius 1 is 1.80 bits per heavy atom. The molecule has 0 aromatic rings. The number of amides is 1. The van der Waals surface area contributed by atoms with E-state index in [1.54, 1.807) is 6.19 Å². The first-order valence-corrected chi connectivity index (χ1v) is 3.91. The highest BCUT2D eigenvalue weighted by atomic mass is 79.9. The summed E-state index contributed by atoms with van der Waals surface area (Å²) in [4.78, 5) is 10.7. The fourth-order valence-corrected chi connectivity index (χ4v) is 0.683. The number of hydrogen-bond acceptors (Lipinski definition) is 2. The van der Waals surface area contributed by atoms with E-state index in [0.29, 0.717) is 18.7 Å². The van der Waals surface area contributed by atoms with Gasteiger partial charge in [0.05, 0.1) is 16.1 Å². The molecule has 0 saturated carbocycles. The van der Waals surface area contributed by atoms with Crippen LogP contribution in [0.2, 0.25) is 0 Å². The molecule has 0 saturated heterocycles. The summed E-state index contributed by atoms with van der Waals surface area (Å²) in [5, 5.41) is 8.18. The molecule has 56 valence electrons. The fraction of sp³-hybridized carbons (Fsp3) is 0.600. The molecule has 0 aromatic carbocycles. The van der Waals surface area contributed by atoms with Crippen molar-refractivity contribution in [2.45, 2.75) is 12.8 Å². The molecule has 0 aliphatic heterocycles. The molecule has 10 heavy (non-hydrogen) atoms. The van der Waals surface area contributed by atoms with Crippen molar-refractivity contribution in [3.63, 3.8) is 0 Å². The monoisotopic (exact) mass is 224 g/mol. The standard InChI is InChI=1S/C5H6BrClN2O/c6-9(4-8)5(10)2-1-3-7/h1-3H2. The number of carbonyl (C=O) groups is 1. The zero-order valence-electron chi connectivity index (χ0n) is 5.18. The number of nitrogens with zero attached hydrogens (tertiary/aromatic N) is 2. The van der Waals surface area contributed by atoms with Crippen LogP contribution in [-0.4, -0.2) is 15.7 Å². The van der Waals surface area contributed by atoms with Crippen LogP contribution < -0.4 is 0 Å². The Bertz CT molecular complexity index is 156. The van der Waals surface area contributed by atoms with Crippen molar-refractivity contribution in [1.82, 2.24) is 3.93 Å². The van der Waals surface area contributed by atoms with Crippen LogP contribution in [0.25, 0.3) is 0 Å². The van der Waals surface area contributed by atoms with Crippen molar-refractivity contribution >= 4 is 33.7 Å². The van der Waals surface area contributed by atoms with Crippen molar-refractivity contribution < 1.29 is 4.79 Å². The van der Waals surface area contributed by atoms with Gasteiger partial charge in [-0.2, -0.15) is 9.19 Å². The minimum atomic E-state index is -0.261. The summed E-state index contributed by atoms with van der Waals surface area (Å²) in [6.07, 6.45) is 2.54. The molecular weight excluding hydrogens is 219 g/mol. The second-order valence-electron chi connectivity index (χ2n) is 1.57. The second kappa shape index (κ2) is 5.51. The van der Waals surface area contributed by atoms with Crippen LogP contribution in [0.3, 0.4) is 0 Å². The van der Waals surface area contributed by atoms with Crippen molar-refractivity contribution in [2.24, 2.45) is 0 Å². The minimum absolute atomic E-state index is 0.261. The zero-order valence-corrected chi connectivity index (χ0v) is 7.52. The maximum absolute atomic E-state index is 10.7. The number of carbonyl (C=O) groups excluding carboxylic acids is 1. The highest BCUT2D eigenvalue weighted by molar-refractivity contribution is 9.07. The van der Waals surface area contributed by atoms with Gasteiger partial charge >= 0.3 is 0 Å². The first-order valence-electron chi connectivity index (χ1n) is 2.66. The van der Waals surface area contributed by atoms with Crippen LogP contribution in [-0.2, 0) is 4.79 Å². The van der Waals surface area contributed by atoms with Crippen molar-refractivity contribution in [3.8, 4) is 6.19 Å². The number of rotatable bonds is 3. The molecule has 0 atom stereocenters. The quantitative estimate of drug-likeness (QED) is 0.317. The fourth-order valence-electron chi connectivity index (χ4n) is 0.372. The highest BCUT2D eigenvalue weighted by Crippen LogP contribution is 2.02. The molecule has 0 aliphatic carbocycles. The molecule has 0 unspecified atom stereocenters. The molecule has 0 aromatic heterocycles. The number of nitriles is 1. The summed E-state index contributed by atoms with van der Waals surface area (Å²) in [5.74, 6) is 0.181. The summed E-state index contributed by atoms with van der Waals surface area (Å²) in [6.45, 7) is 0. The Morgan fingerprint density at radius 2 is 2.40 bits per heavy atom. The summed E-state index contributed by atoms with van der Waals surface area (Å²) in [6, 6.07) is 0. The third kappa shape index (κ3) is 3.70. The van der Waals surface area contributed by atoms with Gasteiger partial charge in [0.15, 0.2) is 6.19 Å². The maximum Gasteiger partial charge on any atom is 0.246 e. The lowest BCUT2D eigenvalue weighted by molar-refractivity contribution is -0.123. The molecule has 0 bridgehead atoms. The van der Waals surface area contributed by atoms with Gasteiger partial charge in [-0.15, -0.1) is 11.6 Å². The lowest BCUT2D eigenvalue weighted by Crippen LogP contribution is -2.14. The molecule has 0 radical (unpaired) electrons. The van der Waals surface area contributed by atoms with Crippen LogP contribution in [0, 0.1) is 11.5 Å². The Balaban J connectivity index is 3.54. The van der Waals surface area contributed by atoms with E-state index in [0.717, 1.165) is 3.93 Å². The third-order valence-electron chi connectivity index (χ3n) is 0.831. The summed E-state index contributed by atoms with van der Waals surface area (Å²) in [7, 11) is 0. The maximum atomic E-state index is 10.7. The molecule has 0 spiro atoms. The van der Waals surface area contributed by atoms with Gasteiger partial charge in [-0.1, -0.05) is 0 Å². The SMILES string of the molecule is N#CN(Br)C(=O)CCCCl. The lowest BCUT2D eigenvalue weighted by atomic mass is 10.3. The molecule has 0 fully saturated rings. The molecule has 0 rings (SSSR count). The Labute approximate surface area is 72.9 Å². The van der Waals surface area contributed by atoms with Crippen LogP contribution in [0.15, 0.2) is 0 Å². The number of hydrogen-bond donors (Lipinski definition) is 0. The van der Waals surface area contributed by atoms with Crippen LogP contribution >= 0.6 is 27.7 Å². The molecular formula is C5H6BrClN2O. The molecule has 5 heteroatoms. The predicted molar refractivity (Wildman–Crippen MR) is 41.3 cm³/mol. The Hall–Kier alpha value is -0.270. The average molecular weight is 225 g/mol. The average Bonchev–Trinajstić information content (AvgIpc) is 1.98. The summed E-state index contributed by atoms with van der Waals surface area (Å²) in [5.41, 5.74) is 0. The van der Waals surface area contributed by atoms with E-state index in [4.69, 9.17) is 16.9 Å². The van der Waals surface area contributed by atoms with E-state index in [1.165, 1.54) is 0 Å². The van der Waals surface area contributed by atoms with E-state index >= 15 is 0 Å². The molecule has 0 heterocycles. The normalized spacial score (nSPS) is 8.50. The van der Waals surface area contributed by atoms with Gasteiger partial charge < -0.3 is 0 Å². The van der Waals surface area contributed by atoms with Crippen LogP contribution in [0.5, 0.6) is 0 Å². The van der Waals surface area contributed by atoms with Gasteiger partial charge in [-0.25, -0.2) is 0 Å². The van der Waals surface area contributed by atoms with Crippen LogP contribution in [0.1, 0.15) is 12.8 Å². The van der Waals surface area contributed by atoms with Gasteiger partial charge in [0.2, 0.25) is 5.91 Å². The number of halogens is 2. The first-order chi connectivity index (χ1) is 4.72. The first kappa shape index (κ1) is 9.73. The molecule has 3 nitrogen and oxygen atoms in total. The highest BCUT2D eigenvalue weighted by Gasteiger charge is 2.07. The third-order valence-corrected chi connectivity index (χ3v) is 1.65. The predicted octanol–water partition coefficient (Wildman–Crippen LogP) is 1.62. The van der Waals surface area contributed by atoms with E-state index in [9.17, 15) is 4.79 Å². The topological polar surface area (TPSA) is 44.1 Å². The lowest BCUT2D eigenvalue weighted by Gasteiger charge is -2.01. The number of alkyl halides is 1. The largest absolute Gasteiger partial charge is 0.273 e. The second-order valence-corrected chi connectivity index (χ2v) is 2.65. The molecule has 0 N–H and O–H groups in total. The van der Waals surface area contributed by atoms with Gasteiger partial charge in [-0.3, -0.25) is 4.79 Å².